The van der Waals surface area contributed by atoms with Gasteiger partial charge in [-0.15, -0.1) is 0 Å². The molecule has 0 aromatic heterocycles. The van der Waals surface area contributed by atoms with Crippen molar-refractivity contribution in [2.75, 3.05) is 26.8 Å². The summed E-state index contributed by atoms with van der Waals surface area (Å²) in [5.41, 5.74) is 1.64. The van der Waals surface area contributed by atoms with Crippen LogP contribution in [0.4, 0.5) is 0 Å². The maximum Gasteiger partial charge on any atom is 0.245 e. The van der Waals surface area contributed by atoms with Crippen molar-refractivity contribution in [3.05, 3.63) is 35.4 Å². The van der Waals surface area contributed by atoms with E-state index in [0.717, 1.165) is 6.42 Å². The van der Waals surface area contributed by atoms with Crippen LogP contribution in [0.5, 0.6) is 0 Å². The van der Waals surface area contributed by atoms with Crippen molar-refractivity contribution in [3.63, 3.8) is 0 Å². The van der Waals surface area contributed by atoms with Gasteiger partial charge in [-0.2, -0.15) is 0 Å². The van der Waals surface area contributed by atoms with Crippen molar-refractivity contribution in [2.45, 2.75) is 38.6 Å². The Labute approximate surface area is 138 Å². The number of likely N-dealkylation sites (tertiary alicyclic amines) is 1. The number of carbonyl (C=O) groups excluding carboxylic acids is 2. The summed E-state index contributed by atoms with van der Waals surface area (Å²) in [5, 5.41) is 2.86. The van der Waals surface area contributed by atoms with Gasteiger partial charge in [0.05, 0.1) is 6.61 Å². The number of nitrogens with one attached hydrogen (secondary N) is 1. The monoisotopic (exact) mass is 318 g/mol. The summed E-state index contributed by atoms with van der Waals surface area (Å²) in [7, 11) is 1.60. The van der Waals surface area contributed by atoms with E-state index in [1.165, 1.54) is 11.1 Å². The number of rotatable bonds is 7. The van der Waals surface area contributed by atoms with Crippen LogP contribution in [0.2, 0.25) is 0 Å². The highest BCUT2D eigenvalue weighted by Gasteiger charge is 2.46. The minimum absolute atomic E-state index is 0.0569. The number of nitrogens with zero attached hydrogens (tertiary/aromatic N) is 1. The molecule has 1 N–H and O–H groups in total. The van der Waals surface area contributed by atoms with Gasteiger partial charge in [0.25, 0.3) is 0 Å². The van der Waals surface area contributed by atoms with Gasteiger partial charge in [-0.1, -0.05) is 29.8 Å². The number of methoxy groups -OCH3 is 1. The van der Waals surface area contributed by atoms with E-state index < -0.39 is 5.54 Å². The number of hydrogen-bond donors (Lipinski definition) is 1. The molecular formula is C18H26N2O3. The van der Waals surface area contributed by atoms with Gasteiger partial charge in [0.1, 0.15) is 5.54 Å². The Bertz CT molecular complexity index is 556. The second kappa shape index (κ2) is 7.59. The Morgan fingerprint density at radius 2 is 2.04 bits per heavy atom. The first-order chi connectivity index (χ1) is 11.0. The smallest absolute Gasteiger partial charge is 0.245 e. The molecule has 1 saturated heterocycles. The van der Waals surface area contributed by atoms with E-state index in [-0.39, 0.29) is 11.8 Å². The Kier molecular flexibility index (Phi) is 5.77. The maximum absolute atomic E-state index is 12.5. The SMILES string of the molecule is COCCNC(=O)C1(C)CCC(=O)N1CCc1ccc(C)cc1. The van der Waals surface area contributed by atoms with Gasteiger partial charge >= 0.3 is 0 Å². The van der Waals surface area contributed by atoms with Gasteiger partial charge in [0, 0.05) is 26.6 Å². The first-order valence-electron chi connectivity index (χ1n) is 8.10. The predicted molar refractivity (Wildman–Crippen MR) is 89.1 cm³/mol. The van der Waals surface area contributed by atoms with Gasteiger partial charge < -0.3 is 15.0 Å². The largest absolute Gasteiger partial charge is 0.383 e. The molecule has 23 heavy (non-hydrogen) atoms. The molecule has 0 aliphatic carbocycles. The van der Waals surface area contributed by atoms with Crippen molar-refractivity contribution in [2.24, 2.45) is 0 Å². The van der Waals surface area contributed by atoms with Crippen LogP contribution in [-0.2, 0) is 20.7 Å². The summed E-state index contributed by atoms with van der Waals surface area (Å²) in [5.74, 6) is -0.0363. The maximum atomic E-state index is 12.5. The number of amides is 2. The van der Waals surface area contributed by atoms with Gasteiger partial charge in [-0.05, 0) is 32.3 Å². The average molecular weight is 318 g/mol. The lowest BCUT2D eigenvalue weighted by Gasteiger charge is -2.34. The van der Waals surface area contributed by atoms with Crippen molar-refractivity contribution >= 4 is 11.8 Å². The summed E-state index contributed by atoms with van der Waals surface area (Å²) in [6.07, 6.45) is 1.76. The van der Waals surface area contributed by atoms with Gasteiger partial charge in [-0.3, -0.25) is 9.59 Å². The molecule has 2 amide bonds. The zero-order chi connectivity index (χ0) is 16.9. The van der Waals surface area contributed by atoms with E-state index in [4.69, 9.17) is 4.74 Å². The van der Waals surface area contributed by atoms with Crippen molar-refractivity contribution < 1.29 is 14.3 Å². The fourth-order valence-corrected chi connectivity index (χ4v) is 2.96. The molecule has 1 aliphatic rings. The minimum atomic E-state index is -0.754. The number of ether oxygens (including phenoxy) is 1. The molecule has 2 rings (SSSR count). The highest BCUT2D eigenvalue weighted by atomic mass is 16.5. The summed E-state index contributed by atoms with van der Waals surface area (Å²) >= 11 is 0. The summed E-state index contributed by atoms with van der Waals surface area (Å²) in [6, 6.07) is 8.29. The van der Waals surface area contributed by atoms with Crippen molar-refractivity contribution in [1.82, 2.24) is 10.2 Å². The van der Waals surface area contributed by atoms with Crippen LogP contribution in [0.15, 0.2) is 24.3 Å². The lowest BCUT2D eigenvalue weighted by Crippen LogP contribution is -2.55. The Hall–Kier alpha value is -1.88. The number of aryl methyl sites for hydroxylation is 1. The predicted octanol–water partition coefficient (Wildman–Crippen LogP) is 1.68. The zero-order valence-corrected chi connectivity index (χ0v) is 14.2. The summed E-state index contributed by atoms with van der Waals surface area (Å²) < 4.78 is 4.96. The Balaban J connectivity index is 2.00. The van der Waals surface area contributed by atoms with Crippen LogP contribution < -0.4 is 5.32 Å². The van der Waals surface area contributed by atoms with E-state index in [2.05, 4.69) is 36.5 Å². The molecule has 0 radical (unpaired) electrons. The third-order valence-electron chi connectivity index (χ3n) is 4.55. The second-order valence-corrected chi connectivity index (χ2v) is 6.30. The standard InChI is InChI=1S/C18H26N2O3/c1-14-4-6-15(7-5-14)9-12-20-16(21)8-10-18(20,2)17(22)19-11-13-23-3/h4-7H,8-13H2,1-3H3,(H,19,22). The minimum Gasteiger partial charge on any atom is -0.383 e. The molecule has 1 aromatic carbocycles. The third-order valence-corrected chi connectivity index (χ3v) is 4.55. The number of hydrogen-bond acceptors (Lipinski definition) is 3. The number of carbonyl (C=O) groups is 2. The lowest BCUT2D eigenvalue weighted by molar-refractivity contribution is -0.140. The molecule has 1 aliphatic heterocycles. The van der Waals surface area contributed by atoms with Crippen LogP contribution in [-0.4, -0.2) is 49.1 Å². The molecule has 1 fully saturated rings. The van der Waals surface area contributed by atoms with Crippen LogP contribution in [0.3, 0.4) is 0 Å². The third kappa shape index (κ3) is 4.10. The molecule has 1 atom stereocenters. The van der Waals surface area contributed by atoms with E-state index in [0.29, 0.717) is 32.5 Å². The quantitative estimate of drug-likeness (QED) is 0.778. The van der Waals surface area contributed by atoms with E-state index in [1.807, 2.05) is 6.92 Å². The number of benzene rings is 1. The molecule has 0 saturated carbocycles. The van der Waals surface area contributed by atoms with Crippen LogP contribution >= 0.6 is 0 Å². The topological polar surface area (TPSA) is 58.6 Å². The van der Waals surface area contributed by atoms with Gasteiger partial charge in [-0.25, -0.2) is 0 Å². The molecule has 0 bridgehead atoms. The molecule has 5 nitrogen and oxygen atoms in total. The highest BCUT2D eigenvalue weighted by Crippen LogP contribution is 2.30. The molecular weight excluding hydrogens is 292 g/mol. The highest BCUT2D eigenvalue weighted by molar-refractivity contribution is 5.94. The summed E-state index contributed by atoms with van der Waals surface area (Å²) in [6.45, 7) is 5.41. The van der Waals surface area contributed by atoms with E-state index in [9.17, 15) is 9.59 Å². The van der Waals surface area contributed by atoms with E-state index >= 15 is 0 Å². The normalized spacial score (nSPS) is 20.8. The van der Waals surface area contributed by atoms with Crippen LogP contribution in [0.1, 0.15) is 30.9 Å². The first kappa shape index (κ1) is 17.5. The molecule has 126 valence electrons. The Morgan fingerprint density at radius 1 is 1.35 bits per heavy atom. The average Bonchev–Trinajstić information content (AvgIpc) is 2.83. The fraction of sp³-hybridized carbons (Fsp3) is 0.556. The summed E-state index contributed by atoms with van der Waals surface area (Å²) in [4.78, 5) is 26.4. The molecule has 1 aromatic rings. The van der Waals surface area contributed by atoms with Crippen molar-refractivity contribution in [1.29, 1.82) is 0 Å². The van der Waals surface area contributed by atoms with E-state index in [1.54, 1.807) is 12.0 Å². The van der Waals surface area contributed by atoms with Gasteiger partial charge in [0.15, 0.2) is 0 Å². The second-order valence-electron chi connectivity index (χ2n) is 6.30. The Morgan fingerprint density at radius 3 is 2.70 bits per heavy atom. The van der Waals surface area contributed by atoms with Crippen LogP contribution in [0.25, 0.3) is 0 Å². The molecule has 5 heteroatoms. The molecule has 0 spiro atoms. The molecule has 1 heterocycles. The lowest BCUT2D eigenvalue weighted by atomic mass is 9.97. The zero-order valence-electron chi connectivity index (χ0n) is 14.2. The first-order valence-corrected chi connectivity index (χ1v) is 8.10. The van der Waals surface area contributed by atoms with Crippen molar-refractivity contribution in [3.8, 4) is 0 Å². The fourth-order valence-electron chi connectivity index (χ4n) is 2.96. The van der Waals surface area contributed by atoms with Gasteiger partial charge in [0.2, 0.25) is 11.8 Å². The van der Waals surface area contributed by atoms with Crippen LogP contribution in [0, 0.1) is 6.92 Å². The molecule has 1 unspecified atom stereocenters.